The molecule has 1 heterocycles. The minimum absolute atomic E-state index is 0.0237. The largest absolute Gasteiger partial charge is 0.492 e. The van der Waals surface area contributed by atoms with Gasteiger partial charge in [0.25, 0.3) is 11.8 Å². The molecule has 1 saturated heterocycles. The van der Waals surface area contributed by atoms with E-state index in [1.54, 1.807) is 25.1 Å². The van der Waals surface area contributed by atoms with E-state index in [0.717, 1.165) is 81.9 Å². The molecule has 0 spiro atoms. The fourth-order valence-corrected chi connectivity index (χ4v) is 12.2. The maximum absolute atomic E-state index is 14.2. The van der Waals surface area contributed by atoms with Crippen LogP contribution in [0.15, 0.2) is 18.2 Å². The first-order valence-corrected chi connectivity index (χ1v) is 39.1. The Kier molecular flexibility index (Phi) is 43.6. The lowest BCUT2D eigenvalue weighted by Crippen LogP contribution is -2.41. The number of hydrogen-bond acceptors (Lipinski definition) is 12. The van der Waals surface area contributed by atoms with E-state index in [1.807, 2.05) is 55.4 Å². The Hall–Kier alpha value is -5.14. The van der Waals surface area contributed by atoms with Gasteiger partial charge in [-0.15, -0.1) is 0 Å². The Balaban J connectivity index is 2.13. The van der Waals surface area contributed by atoms with Crippen LogP contribution in [0.1, 0.15) is 312 Å². The van der Waals surface area contributed by atoms with Gasteiger partial charge in [0.15, 0.2) is 0 Å². The maximum atomic E-state index is 14.2. The fraction of sp³-hybridized carbons (Fsp3) is 0.827. The minimum atomic E-state index is -0.542. The number of hydrogen-bond donors (Lipinski definition) is 6. The number of nitrogens with zero attached hydrogens (tertiary/aromatic N) is 1. The summed E-state index contributed by atoms with van der Waals surface area (Å²) < 4.78 is 25.0. The molecule has 0 aromatic heterocycles. The zero-order chi connectivity index (χ0) is 74.8. The highest BCUT2D eigenvalue weighted by Gasteiger charge is 2.36. The molecular weight excluding hydrogens is 1260 g/mol. The molecule has 3 atom stereocenters. The van der Waals surface area contributed by atoms with Gasteiger partial charge in [0.05, 0.1) is 46.2 Å². The first-order valence-electron chi connectivity index (χ1n) is 39.1. The number of rotatable bonds is 59. The van der Waals surface area contributed by atoms with Crippen LogP contribution >= 0.6 is 0 Å². The van der Waals surface area contributed by atoms with Gasteiger partial charge >= 0.3 is 0 Å². The summed E-state index contributed by atoms with van der Waals surface area (Å²) in [7, 11) is 0. The number of amides is 8. The third kappa shape index (κ3) is 41.2. The van der Waals surface area contributed by atoms with Gasteiger partial charge in [-0.2, -0.15) is 0 Å². The molecule has 0 saturated carbocycles. The van der Waals surface area contributed by atoms with Crippen LogP contribution in [0, 0.1) is 50.2 Å². The molecule has 1 aromatic rings. The highest BCUT2D eigenvalue weighted by Crippen LogP contribution is 2.28. The van der Waals surface area contributed by atoms with Crippen molar-refractivity contribution in [2.24, 2.45) is 50.2 Å². The Morgan fingerprint density at radius 3 is 1.15 bits per heavy atom. The Bertz CT molecular complexity index is 2450. The summed E-state index contributed by atoms with van der Waals surface area (Å²) in [5.74, 6) is -1.53. The predicted octanol–water partition coefficient (Wildman–Crippen LogP) is 15.0. The van der Waals surface area contributed by atoms with Crippen LogP contribution in [0.2, 0.25) is 0 Å². The first-order chi connectivity index (χ1) is 47.1. The Morgan fingerprint density at radius 2 is 0.780 bits per heavy atom. The lowest BCUT2D eigenvalue weighted by Gasteiger charge is -2.30. The van der Waals surface area contributed by atoms with Crippen LogP contribution in [0.3, 0.4) is 0 Å². The summed E-state index contributed by atoms with van der Waals surface area (Å²) in [5, 5.41) is 18.5. The fourth-order valence-electron chi connectivity index (χ4n) is 12.2. The van der Waals surface area contributed by atoms with Crippen molar-refractivity contribution in [3.05, 3.63) is 29.3 Å². The summed E-state index contributed by atoms with van der Waals surface area (Å²) in [6, 6.07) is 4.74. The average Bonchev–Trinajstić information content (AvgIpc) is 1.36. The van der Waals surface area contributed by atoms with E-state index < -0.39 is 33.5 Å². The molecule has 8 amide bonds. The molecule has 2 rings (SSSR count). The Labute approximate surface area is 607 Å². The highest BCUT2D eigenvalue weighted by molar-refractivity contribution is 6.03. The molecule has 1 aliphatic rings. The lowest BCUT2D eigenvalue weighted by atomic mass is 9.89. The molecule has 100 heavy (non-hydrogen) atoms. The van der Waals surface area contributed by atoms with E-state index in [4.69, 9.17) is 18.9 Å². The number of carbonyl (C=O) groups excluding carboxylic acids is 8. The summed E-state index contributed by atoms with van der Waals surface area (Å²) in [5.41, 5.74) is -2.17. The van der Waals surface area contributed by atoms with E-state index in [1.165, 1.54) is 77.0 Å². The second kappa shape index (κ2) is 48.0. The molecule has 1 aliphatic heterocycles. The minimum Gasteiger partial charge on any atom is -0.492 e. The third-order valence-electron chi connectivity index (χ3n) is 18.8. The number of benzene rings is 1. The van der Waals surface area contributed by atoms with Crippen molar-refractivity contribution in [2.45, 2.75) is 291 Å². The predicted molar refractivity (Wildman–Crippen MR) is 404 cm³/mol. The zero-order valence-electron chi connectivity index (χ0n) is 66.3. The van der Waals surface area contributed by atoms with Crippen LogP contribution in [-0.4, -0.2) is 144 Å². The van der Waals surface area contributed by atoms with Gasteiger partial charge in [0.1, 0.15) is 12.4 Å². The highest BCUT2D eigenvalue weighted by atomic mass is 16.5. The number of imide groups is 1. The topological polar surface area (TPSA) is 249 Å². The van der Waals surface area contributed by atoms with Gasteiger partial charge in [-0.05, 0) is 49.3 Å². The summed E-state index contributed by atoms with van der Waals surface area (Å²) in [4.78, 5) is 107. The van der Waals surface area contributed by atoms with Crippen molar-refractivity contribution in [3.63, 3.8) is 0 Å². The number of likely N-dealkylation sites (tertiary alicyclic amines) is 1. The number of unbranched alkanes of at least 4 members (excludes halogenated alkanes) is 16. The van der Waals surface area contributed by atoms with Crippen LogP contribution in [0.25, 0.3) is 0 Å². The SMILES string of the molecule is CCCCCCCCC(CCCCCC)C(=O)NCC(C)(C)COCC(C)(C)CNC(=O)c1cc(OCCNC(=O)CC(C)(C)COCC(C)(C)CNC(=O)CCN2C(=O)CC(C)C2=O)cc(C(=O)NCC(C)(C)COCC(C)(C)CNC(=O)C(CCCCCC)CCCCCCCC)c1. The summed E-state index contributed by atoms with van der Waals surface area (Å²) in [6.07, 6.45) is 27.6. The monoisotopic (exact) mass is 1410 g/mol. The van der Waals surface area contributed by atoms with Crippen molar-refractivity contribution in [3.8, 4) is 5.75 Å². The van der Waals surface area contributed by atoms with Crippen molar-refractivity contribution in [2.75, 3.05) is 92.1 Å². The molecule has 19 nitrogen and oxygen atoms in total. The molecule has 0 bridgehead atoms. The van der Waals surface area contributed by atoms with Crippen molar-refractivity contribution in [1.82, 2.24) is 36.8 Å². The lowest BCUT2D eigenvalue weighted by molar-refractivity contribution is -0.139. The van der Waals surface area contributed by atoms with Crippen molar-refractivity contribution < 1.29 is 57.3 Å². The normalized spacial score (nSPS) is 14.6. The van der Waals surface area contributed by atoms with Gasteiger partial charge in [0, 0.05) is 114 Å². The van der Waals surface area contributed by atoms with Crippen LogP contribution in [0.4, 0.5) is 0 Å². The average molecular weight is 1410 g/mol. The third-order valence-corrected chi connectivity index (χ3v) is 18.8. The van der Waals surface area contributed by atoms with E-state index in [-0.39, 0.29) is 140 Å². The molecule has 6 N–H and O–H groups in total. The van der Waals surface area contributed by atoms with Gasteiger partial charge in [-0.1, -0.05) is 246 Å². The van der Waals surface area contributed by atoms with Crippen LogP contribution in [0.5, 0.6) is 5.75 Å². The molecule has 3 unspecified atom stereocenters. The first kappa shape index (κ1) is 90.9. The molecule has 0 radical (unpaired) electrons. The summed E-state index contributed by atoms with van der Waals surface area (Å²) >= 11 is 0. The van der Waals surface area contributed by atoms with Crippen LogP contribution < -0.4 is 36.6 Å². The second-order valence-corrected chi connectivity index (χ2v) is 34.1. The summed E-state index contributed by atoms with van der Waals surface area (Å²) in [6.45, 7) is 39.0. The standard InChI is InChI=1S/C81H145N7O12/c1-18-22-26-30-32-36-40-63(38-34-28-24-20-3)71(92)84-52-78(10,11)58-98-60-80(14,15)54-86-73(94)65-47-66(74(95)87-55-81(16,17)61-99-59-79(12,13)53-85-72(93)64(39-35-29-25-21-4)41-37-33-31-27-23-19-2)49-67(48-65)100-45-43-82-69(90)50-76(6,7)56-97-57-77(8,9)51-83-68(89)42-44-88-70(91)46-62(5)75(88)96/h47-49,62-64H,18-46,50-61H2,1-17H3,(H,82,90)(H,83,89)(H,84,92)(H,85,93)(H,86,94)(H,87,95). The molecular formula is C81H145N7O12. The second-order valence-electron chi connectivity index (χ2n) is 34.1. The molecule has 19 heteroatoms. The van der Waals surface area contributed by atoms with Gasteiger partial charge in [0.2, 0.25) is 35.4 Å². The van der Waals surface area contributed by atoms with Gasteiger partial charge in [-0.25, -0.2) is 0 Å². The quantitative estimate of drug-likeness (QED) is 0.0263. The molecule has 576 valence electrons. The van der Waals surface area contributed by atoms with Crippen LogP contribution in [-0.2, 0) is 43.0 Å². The van der Waals surface area contributed by atoms with E-state index in [2.05, 4.69) is 87.3 Å². The van der Waals surface area contributed by atoms with Crippen molar-refractivity contribution >= 4 is 47.3 Å². The molecule has 1 fully saturated rings. The zero-order valence-corrected chi connectivity index (χ0v) is 66.3. The number of nitrogens with one attached hydrogen (secondary N) is 6. The molecule has 0 aliphatic carbocycles. The number of ether oxygens (including phenoxy) is 4. The smallest absolute Gasteiger partial charge is 0.251 e. The van der Waals surface area contributed by atoms with Crippen molar-refractivity contribution in [1.29, 1.82) is 0 Å². The van der Waals surface area contributed by atoms with E-state index >= 15 is 0 Å². The Morgan fingerprint density at radius 1 is 0.440 bits per heavy atom. The maximum Gasteiger partial charge on any atom is 0.251 e. The van der Waals surface area contributed by atoms with E-state index in [9.17, 15) is 38.4 Å². The van der Waals surface area contributed by atoms with Gasteiger partial charge < -0.3 is 50.8 Å². The number of carbonyl (C=O) groups is 8. The molecule has 1 aromatic carbocycles. The van der Waals surface area contributed by atoms with Gasteiger partial charge in [-0.3, -0.25) is 43.3 Å². The van der Waals surface area contributed by atoms with E-state index in [0.29, 0.717) is 52.7 Å².